The number of nitrogens with two attached hydrogens (primary N) is 1. The highest BCUT2D eigenvalue weighted by Crippen LogP contribution is 2.37. The number of nitrogen functional groups attached to an aromatic ring is 1. The standard InChI is InChI=1S/C31H39N3O3/c1-6-33-27-14-13-25(21(3)30(27)32)26(16-29(35)36)22-12-11-20(2)24(15-22)18-34-17-23-9-7-8-10-28(23)37-31(4,5)19-34/h7-15,26,33H,6,16-19,32H2,1-5H3,(H,35,36)/t26-/m1/s1. The van der Waals surface area contributed by atoms with Crippen molar-refractivity contribution in [1.82, 2.24) is 4.90 Å². The summed E-state index contributed by atoms with van der Waals surface area (Å²) in [4.78, 5) is 14.4. The van der Waals surface area contributed by atoms with Crippen LogP contribution in [-0.4, -0.2) is 34.7 Å². The minimum atomic E-state index is -0.830. The van der Waals surface area contributed by atoms with E-state index in [4.69, 9.17) is 10.5 Å². The highest BCUT2D eigenvalue weighted by Gasteiger charge is 2.29. The first-order valence-corrected chi connectivity index (χ1v) is 13.0. The molecule has 1 aliphatic heterocycles. The van der Waals surface area contributed by atoms with Crippen molar-refractivity contribution in [3.05, 3.63) is 88.0 Å². The van der Waals surface area contributed by atoms with E-state index in [-0.39, 0.29) is 17.9 Å². The number of hydrogen-bond acceptors (Lipinski definition) is 5. The molecule has 4 rings (SSSR count). The highest BCUT2D eigenvalue weighted by molar-refractivity contribution is 5.74. The number of nitrogens with one attached hydrogen (secondary N) is 1. The van der Waals surface area contributed by atoms with Gasteiger partial charge >= 0.3 is 5.97 Å². The lowest BCUT2D eigenvalue weighted by atomic mass is 9.84. The van der Waals surface area contributed by atoms with E-state index < -0.39 is 5.97 Å². The van der Waals surface area contributed by atoms with Crippen molar-refractivity contribution < 1.29 is 14.6 Å². The fourth-order valence-corrected chi connectivity index (χ4v) is 5.38. The Bertz CT molecular complexity index is 1280. The largest absolute Gasteiger partial charge is 0.486 e. The second-order valence-electron chi connectivity index (χ2n) is 10.7. The van der Waals surface area contributed by atoms with E-state index in [0.717, 1.165) is 54.3 Å². The summed E-state index contributed by atoms with van der Waals surface area (Å²) in [6, 6.07) is 18.6. The van der Waals surface area contributed by atoms with E-state index in [2.05, 4.69) is 61.3 Å². The van der Waals surface area contributed by atoms with Gasteiger partial charge in [0.2, 0.25) is 0 Å². The van der Waals surface area contributed by atoms with Gasteiger partial charge in [0.05, 0.1) is 17.8 Å². The number of carboxylic acids is 1. The van der Waals surface area contributed by atoms with Gasteiger partial charge in [-0.2, -0.15) is 0 Å². The molecule has 1 atom stereocenters. The molecule has 3 aromatic rings. The Morgan fingerprint density at radius 1 is 1.16 bits per heavy atom. The van der Waals surface area contributed by atoms with Gasteiger partial charge in [0.1, 0.15) is 11.4 Å². The van der Waals surface area contributed by atoms with Crippen LogP contribution in [0.4, 0.5) is 11.4 Å². The molecule has 6 heteroatoms. The topological polar surface area (TPSA) is 87.8 Å². The molecule has 3 aromatic carbocycles. The number of hydrogen-bond donors (Lipinski definition) is 3. The predicted molar refractivity (Wildman–Crippen MR) is 150 cm³/mol. The molecule has 1 heterocycles. The zero-order chi connectivity index (χ0) is 26.7. The number of nitrogens with zero attached hydrogens (tertiary/aromatic N) is 1. The number of carbonyl (C=O) groups is 1. The van der Waals surface area contributed by atoms with Gasteiger partial charge in [0, 0.05) is 37.7 Å². The molecule has 1 aliphatic rings. The number of fused-ring (bicyclic) bond motifs is 1. The van der Waals surface area contributed by atoms with Crippen molar-refractivity contribution in [2.75, 3.05) is 24.1 Å². The first kappa shape index (κ1) is 26.6. The quantitative estimate of drug-likeness (QED) is 0.323. The average molecular weight is 502 g/mol. The summed E-state index contributed by atoms with van der Waals surface area (Å²) >= 11 is 0. The first-order valence-electron chi connectivity index (χ1n) is 13.0. The molecule has 37 heavy (non-hydrogen) atoms. The zero-order valence-corrected chi connectivity index (χ0v) is 22.6. The molecule has 0 saturated carbocycles. The van der Waals surface area contributed by atoms with Crippen molar-refractivity contribution in [3.8, 4) is 5.75 Å². The first-order chi connectivity index (χ1) is 17.6. The molecule has 0 bridgehead atoms. The van der Waals surface area contributed by atoms with Gasteiger partial charge in [-0.15, -0.1) is 0 Å². The molecule has 0 unspecified atom stereocenters. The smallest absolute Gasteiger partial charge is 0.304 e. The van der Waals surface area contributed by atoms with E-state index in [0.29, 0.717) is 5.69 Å². The van der Waals surface area contributed by atoms with Gasteiger partial charge in [-0.3, -0.25) is 9.69 Å². The minimum absolute atomic E-state index is 0.00128. The summed E-state index contributed by atoms with van der Waals surface area (Å²) in [6.07, 6.45) is 0.00128. The zero-order valence-electron chi connectivity index (χ0n) is 22.6. The number of ether oxygens (including phenoxy) is 1. The molecular formula is C31H39N3O3. The molecule has 0 fully saturated rings. The molecule has 0 spiro atoms. The van der Waals surface area contributed by atoms with Crippen LogP contribution in [0.15, 0.2) is 54.6 Å². The Morgan fingerprint density at radius 3 is 2.65 bits per heavy atom. The molecule has 4 N–H and O–H groups in total. The highest BCUT2D eigenvalue weighted by atomic mass is 16.5. The van der Waals surface area contributed by atoms with Crippen molar-refractivity contribution in [2.24, 2.45) is 0 Å². The van der Waals surface area contributed by atoms with Crippen LogP contribution in [0.5, 0.6) is 5.75 Å². The molecule has 0 aromatic heterocycles. The summed E-state index contributed by atoms with van der Waals surface area (Å²) in [5, 5.41) is 13.1. The summed E-state index contributed by atoms with van der Waals surface area (Å²) in [5.41, 5.74) is 14.1. The van der Waals surface area contributed by atoms with E-state index in [1.165, 1.54) is 16.7 Å². The Balaban J connectivity index is 1.69. The van der Waals surface area contributed by atoms with Gasteiger partial charge in [-0.05, 0) is 74.6 Å². The molecule has 0 amide bonds. The minimum Gasteiger partial charge on any atom is -0.486 e. The molecule has 196 valence electrons. The third kappa shape index (κ3) is 6.08. The monoisotopic (exact) mass is 501 g/mol. The van der Waals surface area contributed by atoms with Crippen LogP contribution in [-0.2, 0) is 17.9 Å². The van der Waals surface area contributed by atoms with Gasteiger partial charge in [0.15, 0.2) is 0 Å². The van der Waals surface area contributed by atoms with Gasteiger partial charge in [0.25, 0.3) is 0 Å². The van der Waals surface area contributed by atoms with E-state index in [1.54, 1.807) is 0 Å². The summed E-state index contributed by atoms with van der Waals surface area (Å²) in [6.45, 7) is 13.5. The van der Waals surface area contributed by atoms with E-state index in [9.17, 15) is 9.90 Å². The van der Waals surface area contributed by atoms with Crippen LogP contribution in [0, 0.1) is 13.8 Å². The van der Waals surface area contributed by atoms with Gasteiger partial charge in [-0.25, -0.2) is 0 Å². The third-order valence-corrected chi connectivity index (χ3v) is 7.20. The number of rotatable bonds is 8. The van der Waals surface area contributed by atoms with E-state index in [1.807, 2.05) is 38.1 Å². The van der Waals surface area contributed by atoms with Crippen LogP contribution < -0.4 is 15.8 Å². The number of anilines is 2. The van der Waals surface area contributed by atoms with E-state index >= 15 is 0 Å². The predicted octanol–water partition coefficient (Wildman–Crippen LogP) is 6.10. The van der Waals surface area contributed by atoms with Crippen molar-refractivity contribution in [3.63, 3.8) is 0 Å². The van der Waals surface area contributed by atoms with Crippen molar-refractivity contribution >= 4 is 17.3 Å². The third-order valence-electron chi connectivity index (χ3n) is 7.20. The van der Waals surface area contributed by atoms with Crippen LogP contribution >= 0.6 is 0 Å². The normalized spacial score (nSPS) is 15.8. The fraction of sp³-hybridized carbons (Fsp3) is 0.387. The number of aliphatic carboxylic acids is 1. The van der Waals surface area contributed by atoms with Crippen molar-refractivity contribution in [2.45, 2.75) is 65.6 Å². The Kier molecular flexibility index (Phi) is 7.79. The molecule has 0 saturated heterocycles. The lowest BCUT2D eigenvalue weighted by molar-refractivity contribution is -0.137. The van der Waals surface area contributed by atoms with Gasteiger partial charge in [-0.1, -0.05) is 42.5 Å². The summed E-state index contributed by atoms with van der Waals surface area (Å²) in [7, 11) is 0. The SMILES string of the molecule is CCNc1ccc([C@H](CC(=O)O)c2ccc(C)c(CN3Cc4ccccc4OC(C)(C)C3)c2)c(C)c1N. The Morgan fingerprint density at radius 2 is 1.92 bits per heavy atom. The van der Waals surface area contributed by atoms with Crippen LogP contribution in [0.1, 0.15) is 66.5 Å². The average Bonchev–Trinajstić information content (AvgIpc) is 2.96. The molecule has 6 nitrogen and oxygen atoms in total. The number of para-hydroxylation sites is 1. The lowest BCUT2D eigenvalue weighted by Gasteiger charge is -2.30. The lowest BCUT2D eigenvalue weighted by Crippen LogP contribution is -2.40. The van der Waals surface area contributed by atoms with Gasteiger partial charge < -0.3 is 20.9 Å². The number of aryl methyl sites for hydroxylation is 1. The summed E-state index contributed by atoms with van der Waals surface area (Å²) in [5.74, 6) is -0.181. The number of benzene rings is 3. The maximum absolute atomic E-state index is 12.0. The van der Waals surface area contributed by atoms with Crippen LogP contribution in [0.3, 0.4) is 0 Å². The molecular weight excluding hydrogens is 462 g/mol. The Labute approximate surface area is 220 Å². The van der Waals surface area contributed by atoms with Crippen molar-refractivity contribution in [1.29, 1.82) is 0 Å². The maximum Gasteiger partial charge on any atom is 0.304 e. The summed E-state index contributed by atoms with van der Waals surface area (Å²) < 4.78 is 6.33. The second kappa shape index (κ2) is 10.9. The Hall–Kier alpha value is -3.51. The second-order valence-corrected chi connectivity index (χ2v) is 10.7. The molecule has 0 radical (unpaired) electrons. The maximum atomic E-state index is 12.0. The van der Waals surface area contributed by atoms with Crippen LogP contribution in [0.2, 0.25) is 0 Å². The fourth-order valence-electron chi connectivity index (χ4n) is 5.38. The van der Waals surface area contributed by atoms with Crippen LogP contribution in [0.25, 0.3) is 0 Å². The number of carboxylic acid groups (broad SMARTS) is 1. The molecule has 0 aliphatic carbocycles.